The second-order valence-electron chi connectivity index (χ2n) is 8.53. The van der Waals surface area contributed by atoms with E-state index in [0.29, 0.717) is 22.7 Å². The van der Waals surface area contributed by atoms with Crippen molar-refractivity contribution in [1.29, 1.82) is 0 Å². The van der Waals surface area contributed by atoms with Gasteiger partial charge >= 0.3 is 0 Å². The van der Waals surface area contributed by atoms with Crippen LogP contribution in [0.1, 0.15) is 48.0 Å². The molecule has 4 rings (SSSR count). The minimum Gasteiger partial charge on any atom is -0.355 e. The number of benzene rings is 2. The molecule has 0 radical (unpaired) electrons. The molecule has 178 valence electrons. The van der Waals surface area contributed by atoms with Crippen LogP contribution in [0.5, 0.6) is 0 Å². The van der Waals surface area contributed by atoms with E-state index in [1.54, 1.807) is 41.2 Å². The molecule has 1 aromatic heterocycles. The van der Waals surface area contributed by atoms with Crippen LogP contribution >= 0.6 is 11.8 Å². The highest BCUT2D eigenvalue weighted by Crippen LogP contribution is 2.24. The summed E-state index contributed by atoms with van der Waals surface area (Å²) in [6.07, 6.45) is 11.0. The third-order valence-corrected chi connectivity index (χ3v) is 7.12. The predicted molar refractivity (Wildman–Crippen MR) is 131 cm³/mol. The molecule has 0 unspecified atom stereocenters. The predicted octanol–water partition coefficient (Wildman–Crippen LogP) is 4.73. The van der Waals surface area contributed by atoms with E-state index in [1.165, 1.54) is 56.3 Å². The molecule has 8 heteroatoms. The average molecular weight is 481 g/mol. The van der Waals surface area contributed by atoms with E-state index in [1.807, 2.05) is 12.1 Å². The monoisotopic (exact) mass is 480 g/mol. The van der Waals surface area contributed by atoms with Crippen molar-refractivity contribution in [3.8, 4) is 5.69 Å². The number of carbonyl (C=O) groups is 2. The van der Waals surface area contributed by atoms with Gasteiger partial charge in [0.2, 0.25) is 5.91 Å². The summed E-state index contributed by atoms with van der Waals surface area (Å²) in [6.45, 7) is 0.929. The smallest absolute Gasteiger partial charge is 0.252 e. The molecule has 0 spiro atoms. The highest BCUT2D eigenvalue weighted by atomic mass is 32.2. The summed E-state index contributed by atoms with van der Waals surface area (Å²) in [5.41, 5.74) is 1.56. The molecule has 0 saturated heterocycles. The maximum absolute atomic E-state index is 14.5. The quantitative estimate of drug-likeness (QED) is 0.434. The minimum atomic E-state index is -0.389. The lowest BCUT2D eigenvalue weighted by atomic mass is 9.89. The molecule has 6 nitrogen and oxygen atoms in total. The zero-order valence-electron chi connectivity index (χ0n) is 19.0. The summed E-state index contributed by atoms with van der Waals surface area (Å²) < 4.78 is 16.1. The highest BCUT2D eigenvalue weighted by Gasteiger charge is 2.16. The summed E-state index contributed by atoms with van der Waals surface area (Å²) in [7, 11) is 0. The van der Waals surface area contributed by atoms with Crippen molar-refractivity contribution in [3.05, 3.63) is 78.1 Å². The fourth-order valence-corrected chi connectivity index (χ4v) is 5.05. The number of thioether (sulfide) groups is 1. The van der Waals surface area contributed by atoms with Gasteiger partial charge in [-0.05, 0) is 48.6 Å². The molecule has 34 heavy (non-hydrogen) atoms. The molecule has 3 aromatic rings. The van der Waals surface area contributed by atoms with Gasteiger partial charge < -0.3 is 15.2 Å². The fourth-order valence-electron chi connectivity index (χ4n) is 4.17. The number of hydrogen-bond acceptors (Lipinski definition) is 4. The standard InChI is InChI=1S/C26H29FN4O2S/c27-22-14-20(10-11-23(22)31-13-12-28-18-31)16-30-26(33)21-8-4-5-9-24(21)34-17-25(32)29-15-19-6-2-1-3-7-19/h4-5,8-14,18-19H,1-3,6-7,15-17H2,(H,29,32)(H,30,33). The van der Waals surface area contributed by atoms with E-state index in [4.69, 9.17) is 0 Å². The van der Waals surface area contributed by atoms with Crippen LogP contribution in [0.25, 0.3) is 5.69 Å². The summed E-state index contributed by atoms with van der Waals surface area (Å²) >= 11 is 1.35. The Bertz CT molecular complexity index is 1110. The fraction of sp³-hybridized carbons (Fsp3) is 0.346. The van der Waals surface area contributed by atoms with Crippen molar-refractivity contribution >= 4 is 23.6 Å². The van der Waals surface area contributed by atoms with Crippen molar-refractivity contribution < 1.29 is 14.0 Å². The van der Waals surface area contributed by atoms with Gasteiger partial charge in [-0.15, -0.1) is 11.8 Å². The van der Waals surface area contributed by atoms with Crippen LogP contribution in [-0.2, 0) is 11.3 Å². The van der Waals surface area contributed by atoms with Gasteiger partial charge in [-0.1, -0.05) is 37.5 Å². The lowest BCUT2D eigenvalue weighted by Gasteiger charge is -2.21. The van der Waals surface area contributed by atoms with E-state index in [9.17, 15) is 14.0 Å². The Morgan fingerprint density at radius 3 is 2.68 bits per heavy atom. The Hall–Kier alpha value is -3.13. The van der Waals surface area contributed by atoms with Gasteiger partial charge in [0.25, 0.3) is 5.91 Å². The van der Waals surface area contributed by atoms with E-state index in [2.05, 4.69) is 15.6 Å². The summed E-state index contributed by atoms with van der Waals surface area (Å²) in [5.74, 6) is 0.182. The van der Waals surface area contributed by atoms with E-state index in [-0.39, 0.29) is 29.9 Å². The molecule has 0 atom stereocenters. The number of nitrogens with one attached hydrogen (secondary N) is 2. The van der Waals surface area contributed by atoms with Gasteiger partial charge in [0.05, 0.1) is 23.3 Å². The molecular weight excluding hydrogens is 451 g/mol. The maximum atomic E-state index is 14.5. The lowest BCUT2D eigenvalue weighted by Crippen LogP contribution is -2.31. The molecule has 1 heterocycles. The van der Waals surface area contributed by atoms with E-state index in [0.717, 1.165) is 11.4 Å². The number of halogens is 1. The molecule has 0 bridgehead atoms. The van der Waals surface area contributed by atoms with Gasteiger partial charge in [0.1, 0.15) is 5.82 Å². The normalized spacial score (nSPS) is 14.0. The highest BCUT2D eigenvalue weighted by molar-refractivity contribution is 8.00. The zero-order valence-corrected chi connectivity index (χ0v) is 19.8. The largest absolute Gasteiger partial charge is 0.355 e. The number of rotatable bonds is 9. The molecule has 1 aliphatic rings. The summed E-state index contributed by atoms with van der Waals surface area (Å²) in [4.78, 5) is 29.8. The summed E-state index contributed by atoms with van der Waals surface area (Å²) in [6, 6.07) is 12.1. The van der Waals surface area contributed by atoms with Crippen LogP contribution in [0.3, 0.4) is 0 Å². The first-order valence-electron chi connectivity index (χ1n) is 11.6. The number of hydrogen-bond donors (Lipinski definition) is 2. The van der Waals surface area contributed by atoms with Crippen LogP contribution in [0.2, 0.25) is 0 Å². The van der Waals surface area contributed by atoms with Gasteiger partial charge in [-0.25, -0.2) is 9.37 Å². The first-order chi connectivity index (χ1) is 16.6. The second kappa shape index (κ2) is 11.8. The third kappa shape index (κ3) is 6.47. The Morgan fingerprint density at radius 2 is 1.91 bits per heavy atom. The molecule has 1 aliphatic carbocycles. The molecular formula is C26H29FN4O2S. The Labute approximate surface area is 203 Å². The topological polar surface area (TPSA) is 76.0 Å². The molecule has 1 fully saturated rings. The van der Waals surface area contributed by atoms with Crippen molar-refractivity contribution in [1.82, 2.24) is 20.2 Å². The zero-order chi connectivity index (χ0) is 23.8. The van der Waals surface area contributed by atoms with E-state index >= 15 is 0 Å². The molecule has 0 aliphatic heterocycles. The number of aromatic nitrogens is 2. The van der Waals surface area contributed by atoms with Crippen LogP contribution in [-0.4, -0.2) is 33.7 Å². The second-order valence-corrected chi connectivity index (χ2v) is 9.55. The maximum Gasteiger partial charge on any atom is 0.252 e. The average Bonchev–Trinajstić information content (AvgIpc) is 3.40. The van der Waals surface area contributed by atoms with Crippen LogP contribution in [0.4, 0.5) is 4.39 Å². The Kier molecular flexibility index (Phi) is 8.36. The first kappa shape index (κ1) is 24.0. The van der Waals surface area contributed by atoms with E-state index < -0.39 is 0 Å². The van der Waals surface area contributed by atoms with Gasteiger partial charge in [-0.3, -0.25) is 9.59 Å². The number of imidazole rings is 1. The van der Waals surface area contributed by atoms with Crippen molar-refractivity contribution in [2.24, 2.45) is 5.92 Å². The van der Waals surface area contributed by atoms with Crippen molar-refractivity contribution in [2.45, 2.75) is 43.5 Å². The van der Waals surface area contributed by atoms with Gasteiger partial charge in [-0.2, -0.15) is 0 Å². The Morgan fingerprint density at radius 1 is 1.09 bits per heavy atom. The molecule has 2 N–H and O–H groups in total. The van der Waals surface area contributed by atoms with Gasteiger partial charge in [0.15, 0.2) is 0 Å². The number of amides is 2. The van der Waals surface area contributed by atoms with Crippen molar-refractivity contribution in [3.63, 3.8) is 0 Å². The summed E-state index contributed by atoms with van der Waals surface area (Å²) in [5, 5.41) is 5.89. The van der Waals surface area contributed by atoms with Crippen molar-refractivity contribution in [2.75, 3.05) is 12.3 Å². The molecule has 2 amide bonds. The third-order valence-electron chi connectivity index (χ3n) is 6.05. The van der Waals surface area contributed by atoms with Crippen LogP contribution in [0, 0.1) is 11.7 Å². The Balaban J connectivity index is 1.30. The molecule has 1 saturated carbocycles. The van der Waals surface area contributed by atoms with Crippen LogP contribution < -0.4 is 10.6 Å². The van der Waals surface area contributed by atoms with Crippen LogP contribution in [0.15, 0.2) is 66.1 Å². The lowest BCUT2D eigenvalue weighted by molar-refractivity contribution is -0.118. The SMILES string of the molecule is O=C(CSc1ccccc1C(=O)NCc1ccc(-n2ccnc2)c(F)c1)NCC1CCCCC1. The molecule has 2 aromatic carbocycles. The minimum absolute atomic E-state index is 0.0146. The number of carbonyl (C=O) groups excluding carboxylic acids is 2. The number of nitrogens with zero attached hydrogens (tertiary/aromatic N) is 2. The van der Waals surface area contributed by atoms with Gasteiger partial charge in [0, 0.05) is 30.4 Å². The first-order valence-corrected chi connectivity index (χ1v) is 12.6.